The summed E-state index contributed by atoms with van der Waals surface area (Å²) in [5, 5.41) is 3.69. The third-order valence-electron chi connectivity index (χ3n) is 3.91. The summed E-state index contributed by atoms with van der Waals surface area (Å²) >= 11 is 5.94. The maximum absolute atomic E-state index is 12.1. The molecule has 0 saturated carbocycles. The summed E-state index contributed by atoms with van der Waals surface area (Å²) in [6.07, 6.45) is 0.493. The number of carbonyl (C=O) groups excluding carboxylic acids is 1. The van der Waals surface area contributed by atoms with Crippen LogP contribution >= 0.6 is 11.6 Å². The molecule has 1 atom stereocenters. The third kappa shape index (κ3) is 2.86. The van der Waals surface area contributed by atoms with Crippen LogP contribution < -0.4 is 5.32 Å². The molecule has 2 nitrogen and oxygen atoms in total. The van der Waals surface area contributed by atoms with Crippen LogP contribution in [0.4, 0.5) is 0 Å². The molecule has 106 valence electrons. The van der Waals surface area contributed by atoms with Gasteiger partial charge in [0.15, 0.2) is 0 Å². The molecule has 3 heteroatoms. The highest BCUT2D eigenvalue weighted by molar-refractivity contribution is 6.30. The SMILES string of the molecule is CC1=C(c2ccc(Cl)cc2)NC(=O)CC1c1ccccc1. The van der Waals surface area contributed by atoms with Crippen molar-refractivity contribution in [3.63, 3.8) is 0 Å². The summed E-state index contributed by atoms with van der Waals surface area (Å²) in [5.41, 5.74) is 4.25. The Balaban J connectivity index is 2.05. The average molecular weight is 298 g/mol. The first-order chi connectivity index (χ1) is 10.1. The van der Waals surface area contributed by atoms with Crippen LogP contribution in [0.2, 0.25) is 5.02 Å². The number of halogens is 1. The topological polar surface area (TPSA) is 29.1 Å². The van der Waals surface area contributed by atoms with E-state index in [9.17, 15) is 4.79 Å². The highest BCUT2D eigenvalue weighted by atomic mass is 35.5. The van der Waals surface area contributed by atoms with Gasteiger partial charge in [-0.05, 0) is 35.8 Å². The molecule has 1 amide bonds. The van der Waals surface area contributed by atoms with Crippen LogP contribution in [0.25, 0.3) is 5.70 Å². The molecule has 21 heavy (non-hydrogen) atoms. The Labute approximate surface area is 129 Å². The predicted molar refractivity (Wildman–Crippen MR) is 86.0 cm³/mol. The first-order valence-corrected chi connectivity index (χ1v) is 7.34. The van der Waals surface area contributed by atoms with Gasteiger partial charge in [0.2, 0.25) is 5.91 Å². The van der Waals surface area contributed by atoms with Gasteiger partial charge in [-0.2, -0.15) is 0 Å². The average Bonchev–Trinajstić information content (AvgIpc) is 2.51. The number of rotatable bonds is 2. The lowest BCUT2D eigenvalue weighted by Crippen LogP contribution is -2.30. The second-order valence-corrected chi connectivity index (χ2v) is 5.72. The predicted octanol–water partition coefficient (Wildman–Crippen LogP) is 4.37. The van der Waals surface area contributed by atoms with Crippen LogP contribution in [0.1, 0.15) is 30.4 Å². The van der Waals surface area contributed by atoms with E-state index in [4.69, 9.17) is 11.6 Å². The first kappa shape index (κ1) is 13.9. The molecule has 3 rings (SSSR count). The van der Waals surface area contributed by atoms with E-state index in [2.05, 4.69) is 24.4 Å². The minimum atomic E-state index is 0.0550. The molecule has 0 fully saturated rings. The van der Waals surface area contributed by atoms with Gasteiger partial charge in [0.1, 0.15) is 0 Å². The van der Waals surface area contributed by atoms with Crippen LogP contribution in [0.3, 0.4) is 0 Å². The van der Waals surface area contributed by atoms with E-state index in [0.29, 0.717) is 11.4 Å². The van der Waals surface area contributed by atoms with Crippen LogP contribution in [0, 0.1) is 0 Å². The van der Waals surface area contributed by atoms with E-state index in [1.54, 1.807) is 0 Å². The highest BCUT2D eigenvalue weighted by Crippen LogP contribution is 2.35. The molecular weight excluding hydrogens is 282 g/mol. The molecule has 0 saturated heterocycles. The molecule has 1 N–H and O–H groups in total. The second-order valence-electron chi connectivity index (χ2n) is 5.28. The Bertz CT molecular complexity index is 689. The Morgan fingerprint density at radius 3 is 2.38 bits per heavy atom. The summed E-state index contributed by atoms with van der Waals surface area (Å²) in [4.78, 5) is 12.1. The van der Waals surface area contributed by atoms with Gasteiger partial charge >= 0.3 is 0 Å². The fourth-order valence-electron chi connectivity index (χ4n) is 2.77. The lowest BCUT2D eigenvalue weighted by molar-refractivity contribution is -0.120. The van der Waals surface area contributed by atoms with Crippen LogP contribution in [0.15, 0.2) is 60.2 Å². The molecule has 0 bridgehead atoms. The van der Waals surface area contributed by atoms with E-state index >= 15 is 0 Å². The van der Waals surface area contributed by atoms with Crippen molar-refractivity contribution in [2.24, 2.45) is 0 Å². The van der Waals surface area contributed by atoms with Gasteiger partial charge in [-0.1, -0.05) is 54.1 Å². The Morgan fingerprint density at radius 2 is 1.71 bits per heavy atom. The summed E-state index contributed by atoms with van der Waals surface area (Å²) < 4.78 is 0. The van der Waals surface area contributed by atoms with Gasteiger partial charge in [-0.3, -0.25) is 4.79 Å². The van der Waals surface area contributed by atoms with E-state index in [1.165, 1.54) is 11.1 Å². The number of benzene rings is 2. The fraction of sp³-hybridized carbons (Fsp3) is 0.167. The van der Waals surface area contributed by atoms with E-state index < -0.39 is 0 Å². The number of nitrogens with one attached hydrogen (secondary N) is 1. The minimum absolute atomic E-state index is 0.0550. The van der Waals surface area contributed by atoms with Crippen molar-refractivity contribution in [2.45, 2.75) is 19.3 Å². The number of hydrogen-bond acceptors (Lipinski definition) is 1. The molecule has 0 radical (unpaired) electrons. The van der Waals surface area contributed by atoms with Crippen molar-refractivity contribution in [3.05, 3.63) is 76.3 Å². The lowest BCUT2D eigenvalue weighted by atomic mass is 9.84. The smallest absolute Gasteiger partial charge is 0.225 e. The molecule has 1 aliphatic rings. The Kier molecular flexibility index (Phi) is 3.80. The highest BCUT2D eigenvalue weighted by Gasteiger charge is 2.26. The van der Waals surface area contributed by atoms with Crippen molar-refractivity contribution >= 4 is 23.2 Å². The Hall–Kier alpha value is -2.06. The molecule has 1 unspecified atom stereocenters. The van der Waals surface area contributed by atoms with Gasteiger partial charge in [0.05, 0.1) is 0 Å². The normalized spacial score (nSPS) is 18.6. The standard InChI is InChI=1S/C18H16ClNO/c1-12-16(13-5-3-2-4-6-13)11-17(21)20-18(12)14-7-9-15(19)10-8-14/h2-10,16H,11H2,1H3,(H,20,21). The van der Waals surface area contributed by atoms with Crippen molar-refractivity contribution in [3.8, 4) is 0 Å². The lowest BCUT2D eigenvalue weighted by Gasteiger charge is -2.27. The zero-order valence-electron chi connectivity index (χ0n) is 11.8. The van der Waals surface area contributed by atoms with Crippen molar-refractivity contribution in [2.75, 3.05) is 0 Å². The van der Waals surface area contributed by atoms with Crippen LogP contribution in [-0.2, 0) is 4.79 Å². The van der Waals surface area contributed by atoms with Crippen LogP contribution in [0.5, 0.6) is 0 Å². The van der Waals surface area contributed by atoms with Crippen molar-refractivity contribution in [1.29, 1.82) is 0 Å². The summed E-state index contributed by atoms with van der Waals surface area (Å²) in [6, 6.07) is 17.7. The van der Waals surface area contributed by atoms with Gasteiger partial charge < -0.3 is 5.32 Å². The minimum Gasteiger partial charge on any atom is -0.326 e. The van der Waals surface area contributed by atoms with Gasteiger partial charge in [-0.25, -0.2) is 0 Å². The largest absolute Gasteiger partial charge is 0.326 e. The molecule has 0 aromatic heterocycles. The monoisotopic (exact) mass is 297 g/mol. The summed E-state index contributed by atoms with van der Waals surface area (Å²) in [6.45, 7) is 2.08. The van der Waals surface area contributed by atoms with E-state index in [0.717, 1.165) is 11.3 Å². The van der Waals surface area contributed by atoms with Crippen LogP contribution in [-0.4, -0.2) is 5.91 Å². The van der Waals surface area contributed by atoms with Gasteiger partial charge in [-0.15, -0.1) is 0 Å². The molecule has 1 heterocycles. The van der Waals surface area contributed by atoms with Gasteiger partial charge in [0.25, 0.3) is 0 Å². The van der Waals surface area contributed by atoms with Crippen molar-refractivity contribution < 1.29 is 4.79 Å². The number of amides is 1. The molecular formula is C18H16ClNO. The summed E-state index contributed by atoms with van der Waals surface area (Å²) in [7, 11) is 0. The molecule has 0 aliphatic carbocycles. The molecule has 1 aliphatic heterocycles. The van der Waals surface area contributed by atoms with Crippen molar-refractivity contribution in [1.82, 2.24) is 5.32 Å². The number of hydrogen-bond donors (Lipinski definition) is 1. The quantitative estimate of drug-likeness (QED) is 0.876. The molecule has 2 aromatic carbocycles. The van der Waals surface area contributed by atoms with E-state index in [1.807, 2.05) is 42.5 Å². The Morgan fingerprint density at radius 1 is 1.05 bits per heavy atom. The van der Waals surface area contributed by atoms with E-state index in [-0.39, 0.29) is 11.8 Å². The zero-order valence-corrected chi connectivity index (χ0v) is 12.5. The second kappa shape index (κ2) is 5.74. The zero-order chi connectivity index (χ0) is 14.8. The first-order valence-electron chi connectivity index (χ1n) is 6.96. The maximum Gasteiger partial charge on any atom is 0.225 e. The summed E-state index contributed by atoms with van der Waals surface area (Å²) in [5.74, 6) is 0.185. The number of allylic oxidation sites excluding steroid dienone is 1. The fourth-order valence-corrected chi connectivity index (χ4v) is 2.90. The molecule has 0 spiro atoms. The molecule has 2 aromatic rings. The van der Waals surface area contributed by atoms with Gasteiger partial charge in [0, 0.05) is 23.1 Å². The maximum atomic E-state index is 12.1. The number of carbonyl (C=O) groups is 1. The third-order valence-corrected chi connectivity index (χ3v) is 4.16.